The molecule has 0 aromatic carbocycles. The summed E-state index contributed by atoms with van der Waals surface area (Å²) in [4.78, 5) is 6.97. The van der Waals surface area contributed by atoms with E-state index in [1.54, 1.807) is 0 Å². The van der Waals surface area contributed by atoms with Crippen LogP contribution in [0.25, 0.3) is 0 Å². The smallest absolute Gasteiger partial charge is 0.228 e. The Hall–Kier alpha value is -0.940. The van der Waals surface area contributed by atoms with Gasteiger partial charge in [0.05, 0.1) is 0 Å². The van der Waals surface area contributed by atoms with Crippen molar-refractivity contribution < 1.29 is 4.52 Å². The van der Waals surface area contributed by atoms with Gasteiger partial charge in [0.15, 0.2) is 5.82 Å². The molecule has 0 amide bonds. The normalized spacial score (nSPS) is 23.5. The van der Waals surface area contributed by atoms with E-state index < -0.39 is 0 Å². The molecule has 2 N–H and O–H groups in total. The summed E-state index contributed by atoms with van der Waals surface area (Å²) in [5.41, 5.74) is 5.74. The van der Waals surface area contributed by atoms with Crippen molar-refractivity contribution in [3.63, 3.8) is 0 Å². The van der Waals surface area contributed by atoms with Gasteiger partial charge in [-0.1, -0.05) is 5.16 Å². The molecule has 1 fully saturated rings. The molecule has 0 saturated carbocycles. The highest BCUT2D eigenvalue weighted by Crippen LogP contribution is 2.26. The van der Waals surface area contributed by atoms with Gasteiger partial charge < -0.3 is 15.2 Å². The van der Waals surface area contributed by atoms with Crippen LogP contribution in [0.3, 0.4) is 0 Å². The van der Waals surface area contributed by atoms with Crippen molar-refractivity contribution >= 4 is 0 Å². The van der Waals surface area contributed by atoms with Gasteiger partial charge in [0.25, 0.3) is 0 Å². The van der Waals surface area contributed by atoms with Crippen LogP contribution in [0.2, 0.25) is 0 Å². The lowest BCUT2D eigenvalue weighted by Gasteiger charge is -2.34. The molecule has 0 aliphatic carbocycles. The summed E-state index contributed by atoms with van der Waals surface area (Å²) in [5, 5.41) is 4.12. The van der Waals surface area contributed by atoms with Gasteiger partial charge in [0.1, 0.15) is 0 Å². The molecular formula is C13H24N4O. The lowest BCUT2D eigenvalue weighted by molar-refractivity contribution is 0.163. The molecule has 5 heteroatoms. The molecule has 0 radical (unpaired) electrons. The van der Waals surface area contributed by atoms with Gasteiger partial charge in [0.2, 0.25) is 5.89 Å². The molecular weight excluding hydrogens is 228 g/mol. The maximum atomic E-state index is 5.74. The number of hydrogen-bond acceptors (Lipinski definition) is 5. The number of rotatable bonds is 4. The quantitative estimate of drug-likeness (QED) is 0.880. The second-order valence-corrected chi connectivity index (χ2v) is 5.66. The minimum atomic E-state index is 0.0665. The molecule has 1 aliphatic heterocycles. The zero-order valence-corrected chi connectivity index (χ0v) is 11.6. The fourth-order valence-corrected chi connectivity index (χ4v) is 2.48. The highest BCUT2D eigenvalue weighted by molar-refractivity contribution is 4.99. The predicted molar refractivity (Wildman–Crippen MR) is 70.3 cm³/mol. The zero-order valence-electron chi connectivity index (χ0n) is 11.6. The summed E-state index contributed by atoms with van der Waals surface area (Å²) in [7, 11) is 0. The summed E-state index contributed by atoms with van der Waals surface area (Å²) in [5.74, 6) is 1.93. The zero-order chi connectivity index (χ0) is 13.1. The Morgan fingerprint density at radius 2 is 2.22 bits per heavy atom. The fourth-order valence-electron chi connectivity index (χ4n) is 2.48. The van der Waals surface area contributed by atoms with E-state index in [-0.39, 0.29) is 6.04 Å². The maximum absolute atomic E-state index is 5.74. The average molecular weight is 252 g/mol. The molecule has 2 rings (SSSR count). The molecule has 2 atom stereocenters. The first-order chi connectivity index (χ1) is 8.56. The first-order valence-electron chi connectivity index (χ1n) is 6.88. The van der Waals surface area contributed by atoms with E-state index in [9.17, 15) is 0 Å². The summed E-state index contributed by atoms with van der Waals surface area (Å²) in [6.07, 6.45) is 3.02. The van der Waals surface area contributed by atoms with Gasteiger partial charge in [-0.2, -0.15) is 4.98 Å². The largest absolute Gasteiger partial charge is 0.339 e. The van der Waals surface area contributed by atoms with E-state index in [1.165, 1.54) is 13.0 Å². The molecule has 1 aromatic rings. The van der Waals surface area contributed by atoms with Crippen LogP contribution in [0, 0.1) is 0 Å². The number of nitrogens with two attached hydrogens (primary N) is 1. The van der Waals surface area contributed by atoms with Crippen LogP contribution in [0.4, 0.5) is 0 Å². The molecule has 1 saturated heterocycles. The van der Waals surface area contributed by atoms with Crippen molar-refractivity contribution in [3.05, 3.63) is 11.7 Å². The van der Waals surface area contributed by atoms with Crippen LogP contribution < -0.4 is 5.73 Å². The number of piperidine rings is 1. The topological polar surface area (TPSA) is 68.2 Å². The molecule has 2 heterocycles. The second-order valence-electron chi connectivity index (χ2n) is 5.66. The van der Waals surface area contributed by atoms with Crippen molar-refractivity contribution in [2.24, 2.45) is 5.73 Å². The fraction of sp³-hybridized carbons (Fsp3) is 0.846. The minimum Gasteiger partial charge on any atom is -0.339 e. The van der Waals surface area contributed by atoms with Gasteiger partial charge >= 0.3 is 0 Å². The Morgan fingerprint density at radius 3 is 2.89 bits per heavy atom. The van der Waals surface area contributed by atoms with E-state index in [4.69, 9.17) is 10.3 Å². The molecule has 0 bridgehead atoms. The van der Waals surface area contributed by atoms with Gasteiger partial charge in [-0.15, -0.1) is 0 Å². The molecule has 18 heavy (non-hydrogen) atoms. The standard InChI is InChI=1S/C13H24N4O/c1-9(2)17-6-4-5-11(8-17)13-15-12(18-16-13)7-10(3)14/h9-11H,4-8,14H2,1-3H3. The highest BCUT2D eigenvalue weighted by Gasteiger charge is 2.26. The number of hydrogen-bond donors (Lipinski definition) is 1. The van der Waals surface area contributed by atoms with Crippen LogP contribution in [-0.2, 0) is 6.42 Å². The predicted octanol–water partition coefficient (Wildman–Crippen LogP) is 1.55. The first-order valence-corrected chi connectivity index (χ1v) is 6.88. The third-order valence-electron chi connectivity index (χ3n) is 3.53. The monoisotopic (exact) mass is 252 g/mol. The molecule has 102 valence electrons. The van der Waals surface area contributed by atoms with Crippen molar-refractivity contribution in [2.45, 2.75) is 58.0 Å². The van der Waals surface area contributed by atoms with Crippen LogP contribution in [0.5, 0.6) is 0 Å². The van der Waals surface area contributed by atoms with Crippen LogP contribution in [0.15, 0.2) is 4.52 Å². The molecule has 0 spiro atoms. The number of likely N-dealkylation sites (tertiary alicyclic amines) is 1. The van der Waals surface area contributed by atoms with E-state index in [1.807, 2.05) is 6.92 Å². The third-order valence-corrected chi connectivity index (χ3v) is 3.53. The van der Waals surface area contributed by atoms with Crippen LogP contribution in [-0.4, -0.2) is 40.2 Å². The molecule has 1 aromatic heterocycles. The van der Waals surface area contributed by atoms with Gasteiger partial charge in [0, 0.05) is 31.0 Å². The first kappa shape index (κ1) is 13.5. The van der Waals surface area contributed by atoms with Crippen molar-refractivity contribution in [3.8, 4) is 0 Å². The summed E-state index contributed by atoms with van der Waals surface area (Å²) in [6, 6.07) is 0.653. The Kier molecular flexibility index (Phi) is 4.35. The van der Waals surface area contributed by atoms with Crippen molar-refractivity contribution in [2.75, 3.05) is 13.1 Å². The second kappa shape index (κ2) is 5.80. The van der Waals surface area contributed by atoms with E-state index in [0.29, 0.717) is 24.3 Å². The SMILES string of the molecule is CC(N)Cc1nc(C2CCCN(C(C)C)C2)no1. The summed E-state index contributed by atoms with van der Waals surface area (Å²) in [6.45, 7) is 8.64. The van der Waals surface area contributed by atoms with Crippen molar-refractivity contribution in [1.29, 1.82) is 0 Å². The Bertz CT molecular complexity index is 375. The Morgan fingerprint density at radius 1 is 1.44 bits per heavy atom. The van der Waals surface area contributed by atoms with Gasteiger partial charge in [-0.05, 0) is 40.2 Å². The Labute approximate surface area is 109 Å². The molecule has 5 nitrogen and oxygen atoms in total. The van der Waals surface area contributed by atoms with Gasteiger partial charge in [-0.3, -0.25) is 0 Å². The average Bonchev–Trinajstić information content (AvgIpc) is 2.77. The molecule has 1 aliphatic rings. The Balaban J connectivity index is 2.00. The van der Waals surface area contributed by atoms with E-state index in [0.717, 1.165) is 18.8 Å². The van der Waals surface area contributed by atoms with E-state index in [2.05, 4.69) is 28.9 Å². The minimum absolute atomic E-state index is 0.0665. The van der Waals surface area contributed by atoms with Crippen molar-refractivity contribution in [1.82, 2.24) is 15.0 Å². The maximum Gasteiger partial charge on any atom is 0.228 e. The van der Waals surface area contributed by atoms with E-state index >= 15 is 0 Å². The summed E-state index contributed by atoms with van der Waals surface area (Å²) < 4.78 is 5.26. The van der Waals surface area contributed by atoms with Crippen LogP contribution >= 0.6 is 0 Å². The van der Waals surface area contributed by atoms with Gasteiger partial charge in [-0.25, -0.2) is 0 Å². The summed E-state index contributed by atoms with van der Waals surface area (Å²) >= 11 is 0. The number of nitrogens with zero attached hydrogens (tertiary/aromatic N) is 3. The third kappa shape index (κ3) is 3.29. The lowest BCUT2D eigenvalue weighted by atomic mass is 9.96. The highest BCUT2D eigenvalue weighted by atomic mass is 16.5. The number of aromatic nitrogens is 2. The van der Waals surface area contributed by atoms with Crippen LogP contribution in [0.1, 0.15) is 51.2 Å². The molecule has 2 unspecified atom stereocenters. The lowest BCUT2D eigenvalue weighted by Crippen LogP contribution is -2.39.